The van der Waals surface area contributed by atoms with E-state index in [1.54, 1.807) is 4.68 Å². The zero-order chi connectivity index (χ0) is 14.7. The number of nitrogens with one attached hydrogen (secondary N) is 1. The first-order valence-electron chi connectivity index (χ1n) is 7.53. The highest BCUT2D eigenvalue weighted by Crippen LogP contribution is 2.24. The first kappa shape index (κ1) is 15.0. The van der Waals surface area contributed by atoms with E-state index in [4.69, 9.17) is 0 Å². The number of carbonyl (C=O) groups is 1. The fourth-order valence-corrected chi connectivity index (χ4v) is 3.12. The number of hydrogen-bond donors (Lipinski definition) is 1. The summed E-state index contributed by atoms with van der Waals surface area (Å²) < 4.78 is 1.71. The molecule has 1 aromatic rings. The van der Waals surface area contributed by atoms with Gasteiger partial charge in [0.05, 0.1) is 11.3 Å². The average Bonchev–Trinajstić information content (AvgIpc) is 2.77. The highest BCUT2D eigenvalue weighted by Gasteiger charge is 2.27. The fraction of sp³-hybridized carbons (Fsp3) is 0.733. The van der Waals surface area contributed by atoms with Crippen molar-refractivity contribution in [1.82, 2.24) is 20.0 Å². The lowest BCUT2D eigenvalue weighted by atomic mass is 9.90. The molecule has 1 heterocycles. The van der Waals surface area contributed by atoms with Crippen molar-refractivity contribution in [3.05, 3.63) is 17.5 Å². The molecule has 0 saturated heterocycles. The quantitative estimate of drug-likeness (QED) is 0.912. The maximum absolute atomic E-state index is 12.5. The molecule has 1 fully saturated rings. The number of aromatic nitrogens is 2. The summed E-state index contributed by atoms with van der Waals surface area (Å²) in [5, 5.41) is 7.76. The van der Waals surface area contributed by atoms with Crippen LogP contribution in [0.3, 0.4) is 0 Å². The van der Waals surface area contributed by atoms with Crippen LogP contribution >= 0.6 is 0 Å². The Kier molecular flexibility index (Phi) is 4.81. The summed E-state index contributed by atoms with van der Waals surface area (Å²) in [5.74, 6) is 0.0995. The number of rotatable bonds is 4. The van der Waals surface area contributed by atoms with Crippen LogP contribution in [-0.4, -0.2) is 46.3 Å². The Morgan fingerprint density at radius 2 is 2.10 bits per heavy atom. The maximum Gasteiger partial charge on any atom is 0.257 e. The normalized spacial score (nSPS) is 22.8. The molecule has 0 bridgehead atoms. The molecule has 0 aromatic carbocycles. The first-order chi connectivity index (χ1) is 9.52. The SMILES string of the molecule is CCNC1CCC(N(C)C(=O)c2cn(C)nc2C)CC1. The summed E-state index contributed by atoms with van der Waals surface area (Å²) in [7, 11) is 3.78. The molecule has 1 aromatic heterocycles. The van der Waals surface area contributed by atoms with Crippen LogP contribution in [0, 0.1) is 6.92 Å². The average molecular weight is 278 g/mol. The molecular formula is C15H26N4O. The molecule has 1 amide bonds. The molecule has 1 aliphatic carbocycles. The molecule has 112 valence electrons. The molecule has 5 nitrogen and oxygen atoms in total. The van der Waals surface area contributed by atoms with E-state index in [9.17, 15) is 4.79 Å². The Bertz CT molecular complexity index is 460. The van der Waals surface area contributed by atoms with Crippen LogP contribution in [0.2, 0.25) is 0 Å². The molecule has 0 atom stereocenters. The lowest BCUT2D eigenvalue weighted by Crippen LogP contribution is -2.43. The van der Waals surface area contributed by atoms with Gasteiger partial charge in [0, 0.05) is 32.4 Å². The third kappa shape index (κ3) is 3.20. The van der Waals surface area contributed by atoms with Gasteiger partial charge in [-0.25, -0.2) is 0 Å². The summed E-state index contributed by atoms with van der Waals surface area (Å²) in [6, 6.07) is 0.983. The van der Waals surface area contributed by atoms with Crippen molar-refractivity contribution in [1.29, 1.82) is 0 Å². The Morgan fingerprint density at radius 3 is 2.60 bits per heavy atom. The van der Waals surface area contributed by atoms with Crippen LogP contribution < -0.4 is 5.32 Å². The highest BCUT2D eigenvalue weighted by molar-refractivity contribution is 5.95. The van der Waals surface area contributed by atoms with Crippen LogP contribution in [0.4, 0.5) is 0 Å². The van der Waals surface area contributed by atoms with Crippen molar-refractivity contribution in [2.45, 2.75) is 51.6 Å². The van der Waals surface area contributed by atoms with E-state index >= 15 is 0 Å². The zero-order valence-corrected chi connectivity index (χ0v) is 13.0. The van der Waals surface area contributed by atoms with Gasteiger partial charge in [0.2, 0.25) is 0 Å². The second-order valence-corrected chi connectivity index (χ2v) is 5.78. The molecular weight excluding hydrogens is 252 g/mol. The fourth-order valence-electron chi connectivity index (χ4n) is 3.12. The Balaban J connectivity index is 1.96. The molecule has 0 spiro atoms. The van der Waals surface area contributed by atoms with Gasteiger partial charge in [0.1, 0.15) is 0 Å². The van der Waals surface area contributed by atoms with Crippen LogP contribution in [0.15, 0.2) is 6.20 Å². The third-order valence-corrected chi connectivity index (χ3v) is 4.30. The Labute approximate surface area is 121 Å². The van der Waals surface area contributed by atoms with Gasteiger partial charge in [0.25, 0.3) is 5.91 Å². The molecule has 1 aliphatic rings. The molecule has 5 heteroatoms. The minimum absolute atomic E-state index is 0.0995. The van der Waals surface area contributed by atoms with Crippen molar-refractivity contribution in [2.24, 2.45) is 7.05 Å². The number of aryl methyl sites for hydroxylation is 2. The van der Waals surface area contributed by atoms with E-state index in [1.165, 1.54) is 0 Å². The van der Waals surface area contributed by atoms with Gasteiger partial charge < -0.3 is 10.2 Å². The van der Waals surface area contributed by atoms with Crippen molar-refractivity contribution in [3.8, 4) is 0 Å². The first-order valence-corrected chi connectivity index (χ1v) is 7.53. The standard InChI is InChI=1S/C15H26N4O/c1-5-16-12-6-8-13(9-7-12)19(4)15(20)14-10-18(3)17-11(14)2/h10,12-13,16H,5-9H2,1-4H3. The smallest absolute Gasteiger partial charge is 0.257 e. The summed E-state index contributed by atoms with van der Waals surface area (Å²) in [6.07, 6.45) is 6.29. The zero-order valence-electron chi connectivity index (χ0n) is 13.0. The molecule has 0 aliphatic heterocycles. The lowest BCUT2D eigenvalue weighted by Gasteiger charge is -2.35. The topological polar surface area (TPSA) is 50.2 Å². The lowest BCUT2D eigenvalue weighted by molar-refractivity contribution is 0.0684. The minimum atomic E-state index is 0.0995. The van der Waals surface area contributed by atoms with E-state index in [0.29, 0.717) is 12.1 Å². The van der Waals surface area contributed by atoms with Gasteiger partial charge in [-0.2, -0.15) is 5.10 Å². The van der Waals surface area contributed by atoms with Gasteiger partial charge >= 0.3 is 0 Å². The number of nitrogens with zero attached hydrogens (tertiary/aromatic N) is 3. The van der Waals surface area contributed by atoms with Crippen molar-refractivity contribution in [3.63, 3.8) is 0 Å². The van der Waals surface area contributed by atoms with E-state index in [0.717, 1.165) is 43.5 Å². The van der Waals surface area contributed by atoms with E-state index in [2.05, 4.69) is 17.3 Å². The largest absolute Gasteiger partial charge is 0.339 e. The van der Waals surface area contributed by atoms with E-state index in [1.807, 2.05) is 32.1 Å². The van der Waals surface area contributed by atoms with Gasteiger partial charge in [-0.3, -0.25) is 9.48 Å². The van der Waals surface area contributed by atoms with Gasteiger partial charge in [-0.15, -0.1) is 0 Å². The molecule has 20 heavy (non-hydrogen) atoms. The summed E-state index contributed by atoms with van der Waals surface area (Å²) in [4.78, 5) is 14.5. The van der Waals surface area contributed by atoms with E-state index < -0.39 is 0 Å². The van der Waals surface area contributed by atoms with Crippen LogP contribution in [0.1, 0.15) is 48.7 Å². The number of amides is 1. The Morgan fingerprint density at radius 1 is 1.45 bits per heavy atom. The summed E-state index contributed by atoms with van der Waals surface area (Å²) in [6.45, 7) is 5.06. The predicted octanol–water partition coefficient (Wildman–Crippen LogP) is 1.72. The summed E-state index contributed by atoms with van der Waals surface area (Å²) >= 11 is 0. The second-order valence-electron chi connectivity index (χ2n) is 5.78. The maximum atomic E-state index is 12.5. The van der Waals surface area contributed by atoms with Crippen molar-refractivity contribution < 1.29 is 4.79 Å². The van der Waals surface area contributed by atoms with Crippen molar-refractivity contribution in [2.75, 3.05) is 13.6 Å². The molecule has 0 unspecified atom stereocenters. The molecule has 1 N–H and O–H groups in total. The highest BCUT2D eigenvalue weighted by atomic mass is 16.2. The number of carbonyl (C=O) groups excluding carboxylic acids is 1. The molecule has 0 radical (unpaired) electrons. The number of hydrogen-bond acceptors (Lipinski definition) is 3. The minimum Gasteiger partial charge on any atom is -0.339 e. The second kappa shape index (κ2) is 6.39. The van der Waals surface area contributed by atoms with Crippen LogP contribution in [0.5, 0.6) is 0 Å². The van der Waals surface area contributed by atoms with Crippen molar-refractivity contribution >= 4 is 5.91 Å². The predicted molar refractivity (Wildman–Crippen MR) is 79.8 cm³/mol. The third-order valence-electron chi connectivity index (χ3n) is 4.30. The molecule has 2 rings (SSSR count). The van der Waals surface area contributed by atoms with Gasteiger partial charge in [-0.1, -0.05) is 6.92 Å². The van der Waals surface area contributed by atoms with Crippen LogP contribution in [-0.2, 0) is 7.05 Å². The van der Waals surface area contributed by atoms with Gasteiger partial charge in [-0.05, 0) is 39.2 Å². The summed E-state index contributed by atoms with van der Waals surface area (Å²) in [5.41, 5.74) is 1.54. The van der Waals surface area contributed by atoms with Gasteiger partial charge in [0.15, 0.2) is 0 Å². The van der Waals surface area contributed by atoms with Crippen LogP contribution in [0.25, 0.3) is 0 Å². The molecule has 1 saturated carbocycles. The Hall–Kier alpha value is -1.36. The monoisotopic (exact) mass is 278 g/mol. The van der Waals surface area contributed by atoms with E-state index in [-0.39, 0.29) is 5.91 Å².